The van der Waals surface area contributed by atoms with Crippen LogP contribution in [0.3, 0.4) is 0 Å². The number of amides is 3. The highest BCUT2D eigenvalue weighted by Crippen LogP contribution is 2.33. The third kappa shape index (κ3) is 9.77. The van der Waals surface area contributed by atoms with Gasteiger partial charge in [0.05, 0.1) is 12.1 Å². The van der Waals surface area contributed by atoms with Crippen molar-refractivity contribution in [2.75, 3.05) is 18.8 Å². The van der Waals surface area contributed by atoms with Crippen LogP contribution in [0.5, 0.6) is 0 Å². The highest BCUT2D eigenvalue weighted by Gasteiger charge is 2.42. The van der Waals surface area contributed by atoms with Crippen molar-refractivity contribution in [1.29, 1.82) is 0 Å². The molecule has 0 saturated carbocycles. The lowest BCUT2D eigenvalue weighted by atomic mass is 10.0. The second-order valence-electron chi connectivity index (χ2n) is 8.51. The Morgan fingerprint density at radius 1 is 1.09 bits per heavy atom. The summed E-state index contributed by atoms with van der Waals surface area (Å²) in [6.07, 6.45) is 10.2. The summed E-state index contributed by atoms with van der Waals surface area (Å²) in [5, 5.41) is 21.7. The fourth-order valence-corrected chi connectivity index (χ4v) is 5.70. The van der Waals surface area contributed by atoms with Crippen LogP contribution in [0.15, 0.2) is 0 Å². The molecule has 2 fully saturated rings. The number of rotatable bonds is 18. The van der Waals surface area contributed by atoms with Crippen molar-refractivity contribution in [3.8, 4) is 0 Å². The Kier molecular flexibility index (Phi) is 12.5. The number of hydrogen-bond donors (Lipinski definition) is 5. The maximum Gasteiger partial charge on any atom is 0.320 e. The molecule has 0 bridgehead atoms. The number of thioether (sulfide) groups is 1. The van der Waals surface area contributed by atoms with Crippen molar-refractivity contribution < 1.29 is 24.3 Å². The molecule has 2 aliphatic rings. The van der Waals surface area contributed by atoms with Crippen LogP contribution < -0.4 is 21.3 Å². The zero-order chi connectivity index (χ0) is 23.2. The van der Waals surface area contributed by atoms with Crippen molar-refractivity contribution in [2.24, 2.45) is 0 Å². The number of carbonyl (C=O) groups is 3. The maximum atomic E-state index is 11.8. The van der Waals surface area contributed by atoms with Crippen LogP contribution in [0.1, 0.15) is 70.6 Å². The SMILES string of the molecule is O=[C]CCCCCNC(=O)CCCCCNC(CCC[C@@H]1SC[C@@H]2NC(=O)N[C@@H]21)C(=O)O. The molecular formula is C22H37N4O5S. The predicted octanol–water partition coefficient (Wildman–Crippen LogP) is 1.71. The molecule has 1 radical (unpaired) electrons. The van der Waals surface area contributed by atoms with Crippen LogP contribution in [-0.2, 0) is 14.4 Å². The smallest absolute Gasteiger partial charge is 0.320 e. The van der Waals surface area contributed by atoms with Crippen molar-refractivity contribution in [3.63, 3.8) is 0 Å². The minimum absolute atomic E-state index is 0.0454. The van der Waals surface area contributed by atoms with Gasteiger partial charge < -0.3 is 26.4 Å². The Bertz CT molecular complexity index is 621. The number of nitrogens with one attached hydrogen (secondary N) is 4. The van der Waals surface area contributed by atoms with Crippen LogP contribution in [0.4, 0.5) is 4.79 Å². The zero-order valence-electron chi connectivity index (χ0n) is 18.7. The quantitative estimate of drug-likeness (QED) is 0.152. The molecule has 9 nitrogen and oxygen atoms in total. The summed E-state index contributed by atoms with van der Waals surface area (Å²) in [4.78, 5) is 44.9. The van der Waals surface area contributed by atoms with Gasteiger partial charge in [-0.3, -0.25) is 14.4 Å². The summed E-state index contributed by atoms with van der Waals surface area (Å²) < 4.78 is 0. The topological polar surface area (TPSA) is 137 Å². The minimum atomic E-state index is -0.830. The normalized spacial score (nSPS) is 22.6. The van der Waals surface area contributed by atoms with Crippen LogP contribution >= 0.6 is 11.8 Å². The Balaban J connectivity index is 1.47. The molecule has 32 heavy (non-hydrogen) atoms. The van der Waals surface area contributed by atoms with Crippen molar-refractivity contribution in [2.45, 2.75) is 94.0 Å². The molecule has 0 aliphatic carbocycles. The van der Waals surface area contributed by atoms with E-state index in [2.05, 4.69) is 21.3 Å². The Morgan fingerprint density at radius 3 is 2.66 bits per heavy atom. The average Bonchev–Trinajstić information content (AvgIpc) is 3.30. The van der Waals surface area contributed by atoms with Crippen LogP contribution in [-0.4, -0.2) is 71.5 Å². The van der Waals surface area contributed by atoms with Gasteiger partial charge in [-0.1, -0.05) is 19.3 Å². The third-order valence-corrected chi connectivity index (χ3v) is 7.48. The standard InChI is InChI=1S/C22H37N4O5S/c27-14-7-2-1-5-13-24-19(28)11-4-3-6-12-23-16(21(29)30)9-8-10-18-20-17(15-32-18)25-22(31)26-20/h16-18,20,23H,1-13,15H2,(H,24,28)(H,29,30)(H2,25,26,31)/t16?,17-,18-,20-/m0/s1. The first-order valence-electron chi connectivity index (χ1n) is 11.8. The summed E-state index contributed by atoms with van der Waals surface area (Å²) in [5.74, 6) is 0.125. The predicted molar refractivity (Wildman–Crippen MR) is 124 cm³/mol. The number of unbranched alkanes of at least 4 members (excludes halogenated alkanes) is 5. The lowest BCUT2D eigenvalue weighted by molar-refractivity contribution is -0.139. The van der Waals surface area contributed by atoms with Crippen LogP contribution in [0, 0.1) is 0 Å². The molecule has 1 unspecified atom stereocenters. The van der Waals surface area contributed by atoms with Crippen LogP contribution in [0.2, 0.25) is 0 Å². The molecule has 2 saturated heterocycles. The molecule has 4 atom stereocenters. The molecule has 3 amide bonds. The van der Waals surface area contributed by atoms with E-state index < -0.39 is 12.0 Å². The van der Waals surface area contributed by atoms with E-state index in [0.29, 0.717) is 37.6 Å². The van der Waals surface area contributed by atoms with Crippen LogP contribution in [0.25, 0.3) is 0 Å². The lowest BCUT2D eigenvalue weighted by Gasteiger charge is -2.18. The number of carbonyl (C=O) groups excluding carboxylic acids is 3. The Hall–Kier alpha value is -1.81. The van der Waals surface area contributed by atoms with Gasteiger partial charge in [-0.05, 0) is 45.1 Å². The molecule has 0 aromatic rings. The van der Waals surface area contributed by atoms with Gasteiger partial charge in [0, 0.05) is 30.4 Å². The molecule has 0 aromatic heterocycles. The number of fused-ring (bicyclic) bond motifs is 1. The monoisotopic (exact) mass is 469 g/mol. The van der Waals surface area contributed by atoms with Gasteiger partial charge in [-0.2, -0.15) is 11.8 Å². The summed E-state index contributed by atoms with van der Waals surface area (Å²) in [6.45, 7) is 1.26. The van der Waals surface area contributed by atoms with E-state index in [-0.39, 0.29) is 24.0 Å². The van der Waals surface area contributed by atoms with Gasteiger partial charge in [-0.15, -0.1) is 0 Å². The summed E-state index contributed by atoms with van der Waals surface area (Å²) >= 11 is 1.84. The second kappa shape index (κ2) is 15.1. The largest absolute Gasteiger partial charge is 0.480 e. The van der Waals surface area contributed by atoms with E-state index in [9.17, 15) is 24.3 Å². The van der Waals surface area contributed by atoms with E-state index in [1.54, 1.807) is 0 Å². The van der Waals surface area contributed by atoms with E-state index in [1.165, 1.54) is 0 Å². The molecule has 2 rings (SSSR count). The van der Waals surface area contributed by atoms with Gasteiger partial charge in [-0.25, -0.2) is 4.79 Å². The summed E-state index contributed by atoms with van der Waals surface area (Å²) in [6, 6.07) is -0.311. The minimum Gasteiger partial charge on any atom is -0.480 e. The number of carboxylic acids is 1. The highest BCUT2D eigenvalue weighted by molar-refractivity contribution is 8.00. The average molecular weight is 470 g/mol. The Labute approximate surface area is 194 Å². The molecule has 0 spiro atoms. The van der Waals surface area contributed by atoms with Gasteiger partial charge in [0.2, 0.25) is 5.91 Å². The highest BCUT2D eigenvalue weighted by atomic mass is 32.2. The molecule has 181 valence electrons. The molecular weight excluding hydrogens is 432 g/mol. The van der Waals surface area contributed by atoms with E-state index >= 15 is 0 Å². The first kappa shape index (κ1) is 26.4. The number of aliphatic carboxylic acids is 1. The van der Waals surface area contributed by atoms with Gasteiger partial charge in [0.1, 0.15) is 6.04 Å². The van der Waals surface area contributed by atoms with Crippen molar-refractivity contribution in [3.05, 3.63) is 0 Å². The molecule has 2 aliphatic heterocycles. The van der Waals surface area contributed by atoms with Gasteiger partial charge in [0.15, 0.2) is 6.29 Å². The summed E-state index contributed by atoms with van der Waals surface area (Å²) in [5.41, 5.74) is 0. The number of urea groups is 1. The van der Waals surface area contributed by atoms with Crippen molar-refractivity contribution >= 4 is 36.0 Å². The lowest BCUT2D eigenvalue weighted by Crippen LogP contribution is -2.38. The van der Waals surface area contributed by atoms with Gasteiger partial charge >= 0.3 is 12.0 Å². The van der Waals surface area contributed by atoms with Crippen molar-refractivity contribution in [1.82, 2.24) is 21.3 Å². The third-order valence-electron chi connectivity index (χ3n) is 5.97. The maximum absolute atomic E-state index is 11.8. The van der Waals surface area contributed by atoms with E-state index in [1.807, 2.05) is 18.0 Å². The first-order chi connectivity index (χ1) is 15.5. The van der Waals surface area contributed by atoms with E-state index in [4.69, 9.17) is 0 Å². The first-order valence-corrected chi connectivity index (χ1v) is 12.8. The second-order valence-corrected chi connectivity index (χ2v) is 9.79. The molecule has 2 heterocycles. The number of carboxylic acid groups (broad SMARTS) is 1. The fourth-order valence-electron chi connectivity index (χ4n) is 4.16. The zero-order valence-corrected chi connectivity index (χ0v) is 19.5. The molecule has 10 heteroatoms. The van der Waals surface area contributed by atoms with E-state index in [0.717, 1.165) is 57.1 Å². The molecule has 0 aromatic carbocycles. The van der Waals surface area contributed by atoms with Gasteiger partial charge in [0.25, 0.3) is 0 Å². The molecule has 5 N–H and O–H groups in total. The number of hydrogen-bond acceptors (Lipinski definition) is 6. The Morgan fingerprint density at radius 2 is 1.88 bits per heavy atom. The summed E-state index contributed by atoms with van der Waals surface area (Å²) in [7, 11) is 0. The fraction of sp³-hybridized carbons (Fsp3) is 0.818.